The van der Waals surface area contributed by atoms with E-state index in [0.29, 0.717) is 4.31 Å². The second-order valence-corrected chi connectivity index (χ2v) is 7.87. The molecule has 1 saturated heterocycles. The minimum atomic E-state index is -4.14. The van der Waals surface area contributed by atoms with Crippen molar-refractivity contribution in [1.29, 1.82) is 0 Å². The lowest BCUT2D eigenvalue weighted by Gasteiger charge is -2.24. The van der Waals surface area contributed by atoms with Gasteiger partial charge < -0.3 is 0 Å². The normalized spacial score (nSPS) is 19.6. The Labute approximate surface area is 92.6 Å². The molecule has 10 heteroatoms. The van der Waals surface area contributed by atoms with E-state index in [9.17, 15) is 26.4 Å². The summed E-state index contributed by atoms with van der Waals surface area (Å²) >= 11 is 0. The molecule has 8 nitrogen and oxygen atoms in total. The van der Waals surface area contributed by atoms with Gasteiger partial charge in [0.25, 0.3) is 0 Å². The van der Waals surface area contributed by atoms with Crippen LogP contribution in [0, 0.1) is 0 Å². The minimum absolute atomic E-state index is 0.538. The number of amides is 2. The van der Waals surface area contributed by atoms with Crippen LogP contribution in [0.15, 0.2) is 0 Å². The van der Waals surface area contributed by atoms with Gasteiger partial charge in [0, 0.05) is 6.26 Å². The summed E-state index contributed by atoms with van der Waals surface area (Å²) in [4.78, 5) is 21.8. The summed E-state index contributed by atoms with van der Waals surface area (Å²) in [6.07, 6.45) is 0.760. The molecule has 1 heterocycles. The van der Waals surface area contributed by atoms with E-state index in [4.69, 9.17) is 0 Å². The average Bonchev–Trinajstić information content (AvgIpc) is 1.96. The monoisotopic (exact) mass is 270 g/mol. The predicted octanol–water partition coefficient (Wildman–Crippen LogP) is -2.72. The fraction of sp³-hybridized carbons (Fsp3) is 0.667. The van der Waals surface area contributed by atoms with Crippen molar-refractivity contribution in [3.05, 3.63) is 0 Å². The average molecular weight is 270 g/mol. The van der Waals surface area contributed by atoms with Gasteiger partial charge in [-0.2, -0.15) is 4.31 Å². The van der Waals surface area contributed by atoms with Gasteiger partial charge in [-0.1, -0.05) is 0 Å². The topological polar surface area (TPSA) is 118 Å². The molecule has 0 aromatic carbocycles. The van der Waals surface area contributed by atoms with Gasteiger partial charge in [-0.25, -0.2) is 16.8 Å². The number of sulfone groups is 1. The van der Waals surface area contributed by atoms with Crippen molar-refractivity contribution in [2.24, 2.45) is 0 Å². The Kier molecular flexibility index (Phi) is 3.35. The van der Waals surface area contributed by atoms with Crippen molar-refractivity contribution in [2.75, 3.05) is 24.4 Å². The van der Waals surface area contributed by atoms with Crippen LogP contribution >= 0.6 is 0 Å². The molecule has 0 aliphatic carbocycles. The molecule has 1 fully saturated rings. The molecular weight excluding hydrogens is 260 g/mol. The number of carbonyl (C=O) groups excluding carboxylic acids is 2. The molecule has 0 aromatic heterocycles. The van der Waals surface area contributed by atoms with Crippen molar-refractivity contribution in [2.45, 2.75) is 0 Å². The maximum Gasteiger partial charge on any atom is 0.241 e. The third kappa shape index (κ3) is 3.54. The molecule has 1 aliphatic rings. The van der Waals surface area contributed by atoms with Crippen molar-refractivity contribution in [3.8, 4) is 0 Å². The first-order chi connectivity index (χ1) is 7.10. The Morgan fingerprint density at radius 2 is 1.56 bits per heavy atom. The molecule has 1 N–H and O–H groups in total. The second kappa shape index (κ2) is 4.11. The zero-order chi connectivity index (χ0) is 12.6. The third-order valence-corrected chi connectivity index (χ3v) is 5.62. The van der Waals surface area contributed by atoms with Gasteiger partial charge >= 0.3 is 0 Å². The summed E-state index contributed by atoms with van der Waals surface area (Å²) < 4.78 is 45.3. The van der Waals surface area contributed by atoms with Crippen molar-refractivity contribution in [1.82, 2.24) is 9.62 Å². The summed E-state index contributed by atoms with van der Waals surface area (Å²) in [6, 6.07) is 0. The smallest absolute Gasteiger partial charge is 0.241 e. The van der Waals surface area contributed by atoms with Gasteiger partial charge in [0.1, 0.15) is 0 Å². The largest absolute Gasteiger partial charge is 0.294 e. The number of hydrogen-bond donors (Lipinski definition) is 1. The maximum atomic E-state index is 11.5. The SMILES string of the molecule is CS(=O)(=O)CS(=O)(=O)N1CC(=O)NC(=O)C1. The maximum absolute atomic E-state index is 11.5. The second-order valence-electron chi connectivity index (χ2n) is 3.39. The standard InChI is InChI=1S/C6H10N2O6S2/c1-15(11,12)4-16(13,14)8-2-5(9)7-6(10)3-8/h2-4H2,1H3,(H,7,9,10). The van der Waals surface area contributed by atoms with E-state index in [-0.39, 0.29) is 0 Å². The Bertz CT molecular complexity index is 503. The van der Waals surface area contributed by atoms with Crippen molar-refractivity contribution < 1.29 is 26.4 Å². The number of nitrogens with one attached hydrogen (secondary N) is 1. The highest BCUT2D eigenvalue weighted by Crippen LogP contribution is 2.06. The molecule has 1 rings (SSSR count). The number of hydrogen-bond acceptors (Lipinski definition) is 6. The lowest BCUT2D eigenvalue weighted by Crippen LogP contribution is -2.54. The van der Waals surface area contributed by atoms with E-state index in [1.54, 1.807) is 0 Å². The van der Waals surface area contributed by atoms with Crippen LogP contribution in [0.1, 0.15) is 0 Å². The summed E-state index contributed by atoms with van der Waals surface area (Å²) in [5, 5.41) is 0.800. The van der Waals surface area contributed by atoms with Gasteiger partial charge in [-0.15, -0.1) is 0 Å². The van der Waals surface area contributed by atoms with E-state index in [1.165, 1.54) is 0 Å². The first kappa shape index (κ1) is 13.1. The molecule has 1 aliphatic heterocycles. The van der Waals surface area contributed by atoms with E-state index in [0.717, 1.165) is 6.26 Å². The summed E-state index contributed by atoms with van der Waals surface area (Å²) in [6.45, 7) is -1.08. The zero-order valence-corrected chi connectivity index (χ0v) is 9.97. The van der Waals surface area contributed by atoms with Crippen molar-refractivity contribution >= 4 is 31.7 Å². The number of rotatable bonds is 3. The molecule has 0 bridgehead atoms. The number of carbonyl (C=O) groups is 2. The van der Waals surface area contributed by atoms with Crippen LogP contribution in [0.4, 0.5) is 0 Å². The van der Waals surface area contributed by atoms with E-state index < -0.39 is 49.8 Å². The van der Waals surface area contributed by atoms with Crippen molar-refractivity contribution in [3.63, 3.8) is 0 Å². The molecule has 0 saturated carbocycles. The highest BCUT2D eigenvalue weighted by Gasteiger charge is 2.33. The van der Waals surface area contributed by atoms with Gasteiger partial charge in [0.05, 0.1) is 13.1 Å². The molecule has 0 aromatic rings. The lowest BCUT2D eigenvalue weighted by molar-refractivity contribution is -0.134. The van der Waals surface area contributed by atoms with Gasteiger partial charge in [0.15, 0.2) is 14.9 Å². The quantitative estimate of drug-likeness (QED) is 0.557. The van der Waals surface area contributed by atoms with Crippen LogP contribution in [0.25, 0.3) is 0 Å². The molecule has 2 amide bonds. The van der Waals surface area contributed by atoms with Gasteiger partial charge in [-0.05, 0) is 0 Å². The molecular formula is C6H10N2O6S2. The molecule has 16 heavy (non-hydrogen) atoms. The first-order valence-electron chi connectivity index (χ1n) is 4.08. The van der Waals surface area contributed by atoms with Crippen LogP contribution in [0.3, 0.4) is 0 Å². The minimum Gasteiger partial charge on any atom is -0.294 e. The number of piperazine rings is 1. The Hall–Kier alpha value is -1.00. The fourth-order valence-corrected chi connectivity index (χ4v) is 4.54. The third-order valence-electron chi connectivity index (χ3n) is 1.68. The van der Waals surface area contributed by atoms with Crippen LogP contribution in [-0.4, -0.2) is 57.4 Å². The number of nitrogens with zero attached hydrogens (tertiary/aromatic N) is 1. The Morgan fingerprint density at radius 1 is 1.12 bits per heavy atom. The molecule has 0 atom stereocenters. The van der Waals surface area contributed by atoms with E-state index in [2.05, 4.69) is 0 Å². The van der Waals surface area contributed by atoms with Gasteiger partial charge in [-0.3, -0.25) is 14.9 Å². The summed E-state index contributed by atoms with van der Waals surface area (Å²) in [7, 11) is -7.88. The van der Waals surface area contributed by atoms with Crippen LogP contribution in [0.2, 0.25) is 0 Å². The highest BCUT2D eigenvalue weighted by molar-refractivity contribution is 8.06. The fourth-order valence-electron chi connectivity index (χ4n) is 1.15. The predicted molar refractivity (Wildman–Crippen MR) is 53.4 cm³/mol. The lowest BCUT2D eigenvalue weighted by atomic mass is 10.4. The molecule has 0 spiro atoms. The highest BCUT2D eigenvalue weighted by atomic mass is 32.3. The summed E-state index contributed by atoms with van der Waals surface area (Å²) in [5.74, 6) is -1.54. The molecule has 0 unspecified atom stereocenters. The molecule has 0 radical (unpaired) electrons. The molecule has 92 valence electrons. The van der Waals surface area contributed by atoms with Gasteiger partial charge in [0.2, 0.25) is 21.8 Å². The number of sulfonamides is 1. The summed E-state index contributed by atoms with van der Waals surface area (Å²) in [5.41, 5.74) is 0. The Morgan fingerprint density at radius 3 is 1.94 bits per heavy atom. The first-order valence-corrected chi connectivity index (χ1v) is 7.75. The van der Waals surface area contributed by atoms with Crippen LogP contribution in [0.5, 0.6) is 0 Å². The zero-order valence-electron chi connectivity index (χ0n) is 8.33. The van der Waals surface area contributed by atoms with E-state index in [1.807, 2.05) is 5.32 Å². The van der Waals surface area contributed by atoms with Crippen LogP contribution < -0.4 is 5.32 Å². The van der Waals surface area contributed by atoms with E-state index >= 15 is 0 Å². The van der Waals surface area contributed by atoms with Crippen LogP contribution in [-0.2, 0) is 29.4 Å². The Balaban J connectivity index is 2.92. The number of imide groups is 1.